The molecule has 1 aromatic heterocycles. The molecule has 1 fully saturated rings. The fourth-order valence-electron chi connectivity index (χ4n) is 2.14. The summed E-state index contributed by atoms with van der Waals surface area (Å²) in [7, 11) is 1.77. The third-order valence-electron chi connectivity index (χ3n) is 3.26. The van der Waals surface area contributed by atoms with Crippen molar-refractivity contribution >= 4 is 11.6 Å². The molecule has 7 nitrogen and oxygen atoms in total. The summed E-state index contributed by atoms with van der Waals surface area (Å²) in [5.74, 6) is 0.985. The van der Waals surface area contributed by atoms with Crippen LogP contribution in [-0.2, 0) is 11.8 Å². The predicted octanol–water partition coefficient (Wildman–Crippen LogP) is 1.62. The van der Waals surface area contributed by atoms with Crippen molar-refractivity contribution in [3.63, 3.8) is 0 Å². The van der Waals surface area contributed by atoms with Crippen LogP contribution in [-0.4, -0.2) is 33.7 Å². The number of aryl methyl sites for hydroxylation is 1. The molecule has 1 atom stereocenters. The van der Waals surface area contributed by atoms with Gasteiger partial charge in [-0.2, -0.15) is 0 Å². The molecule has 0 aromatic carbocycles. The maximum atomic E-state index is 10.9. The lowest BCUT2D eigenvalue weighted by Gasteiger charge is -2.10. The van der Waals surface area contributed by atoms with E-state index >= 15 is 0 Å². The summed E-state index contributed by atoms with van der Waals surface area (Å²) < 4.78 is 7.21. The zero-order chi connectivity index (χ0) is 13.1. The quantitative estimate of drug-likeness (QED) is 0.637. The molecule has 0 saturated carbocycles. The van der Waals surface area contributed by atoms with Crippen LogP contribution in [0, 0.1) is 17.0 Å². The molecule has 18 heavy (non-hydrogen) atoms. The third kappa shape index (κ3) is 2.61. The van der Waals surface area contributed by atoms with Gasteiger partial charge >= 0.3 is 5.82 Å². The van der Waals surface area contributed by atoms with Crippen LogP contribution in [0.4, 0.5) is 11.6 Å². The fraction of sp³-hybridized carbons (Fsp3) is 0.727. The Morgan fingerprint density at radius 2 is 2.44 bits per heavy atom. The summed E-state index contributed by atoms with van der Waals surface area (Å²) in [5, 5.41) is 14.0. The number of aromatic nitrogens is 2. The summed E-state index contributed by atoms with van der Waals surface area (Å²) in [6, 6.07) is 0. The zero-order valence-corrected chi connectivity index (χ0v) is 10.7. The number of hydrogen-bond donors (Lipinski definition) is 1. The number of rotatable bonds is 5. The van der Waals surface area contributed by atoms with E-state index in [-0.39, 0.29) is 11.9 Å². The Morgan fingerprint density at radius 3 is 3.06 bits per heavy atom. The topological polar surface area (TPSA) is 82.2 Å². The van der Waals surface area contributed by atoms with Crippen molar-refractivity contribution in [1.29, 1.82) is 0 Å². The molecular weight excluding hydrogens is 236 g/mol. The van der Waals surface area contributed by atoms with Crippen molar-refractivity contribution in [3.05, 3.63) is 15.9 Å². The molecule has 0 bridgehead atoms. The SMILES string of the molecule is Cc1nc([N+](=O)[O-])c(NCCC2CCCO2)n1C. The average molecular weight is 254 g/mol. The Kier molecular flexibility index (Phi) is 3.81. The number of nitro groups is 1. The van der Waals surface area contributed by atoms with E-state index in [0.717, 1.165) is 25.9 Å². The van der Waals surface area contributed by atoms with E-state index in [9.17, 15) is 10.1 Å². The van der Waals surface area contributed by atoms with Crippen LogP contribution in [0.15, 0.2) is 0 Å². The minimum atomic E-state index is -0.457. The van der Waals surface area contributed by atoms with Gasteiger partial charge in [-0.25, -0.2) is 0 Å². The van der Waals surface area contributed by atoms with Crippen LogP contribution < -0.4 is 5.32 Å². The van der Waals surface area contributed by atoms with Gasteiger partial charge in [0.05, 0.1) is 6.10 Å². The van der Waals surface area contributed by atoms with Crippen molar-refractivity contribution in [1.82, 2.24) is 9.55 Å². The lowest BCUT2D eigenvalue weighted by Crippen LogP contribution is -2.14. The largest absolute Gasteiger partial charge is 0.406 e. The lowest BCUT2D eigenvalue weighted by atomic mass is 10.2. The Balaban J connectivity index is 1.97. The summed E-state index contributed by atoms with van der Waals surface area (Å²) in [4.78, 5) is 14.3. The molecule has 1 aliphatic heterocycles. The molecule has 0 aliphatic carbocycles. The van der Waals surface area contributed by atoms with Gasteiger partial charge in [-0.05, 0) is 29.2 Å². The van der Waals surface area contributed by atoms with Crippen LogP contribution in [0.5, 0.6) is 0 Å². The van der Waals surface area contributed by atoms with Gasteiger partial charge in [0, 0.05) is 27.1 Å². The molecule has 1 aliphatic rings. The first-order valence-electron chi connectivity index (χ1n) is 6.12. The minimum absolute atomic E-state index is 0.109. The molecule has 100 valence electrons. The van der Waals surface area contributed by atoms with Gasteiger partial charge in [-0.1, -0.05) is 0 Å². The van der Waals surface area contributed by atoms with Gasteiger partial charge in [-0.3, -0.25) is 4.57 Å². The van der Waals surface area contributed by atoms with Crippen LogP contribution in [0.25, 0.3) is 0 Å². The second-order valence-electron chi connectivity index (χ2n) is 4.50. The second kappa shape index (κ2) is 5.34. The van der Waals surface area contributed by atoms with Crippen LogP contribution in [0.3, 0.4) is 0 Å². The number of anilines is 1. The van der Waals surface area contributed by atoms with E-state index in [0.29, 0.717) is 18.2 Å². The maximum Gasteiger partial charge on any atom is 0.406 e. The number of imidazole rings is 1. The fourth-order valence-corrected chi connectivity index (χ4v) is 2.14. The van der Waals surface area contributed by atoms with E-state index in [1.54, 1.807) is 18.5 Å². The zero-order valence-electron chi connectivity index (χ0n) is 10.7. The van der Waals surface area contributed by atoms with Crippen molar-refractivity contribution < 1.29 is 9.66 Å². The summed E-state index contributed by atoms with van der Waals surface area (Å²) in [6.07, 6.45) is 3.33. The number of nitrogens with zero attached hydrogens (tertiary/aromatic N) is 3. The standard InChI is InChI=1S/C11H18N4O3/c1-8-13-11(15(16)17)10(14(8)2)12-6-5-9-4-3-7-18-9/h9,12H,3-7H2,1-2H3. The molecular formula is C11H18N4O3. The highest BCUT2D eigenvalue weighted by atomic mass is 16.6. The molecule has 1 N–H and O–H groups in total. The van der Waals surface area contributed by atoms with Crippen LogP contribution in [0.1, 0.15) is 25.1 Å². The molecule has 2 rings (SSSR count). The van der Waals surface area contributed by atoms with Crippen molar-refractivity contribution in [2.75, 3.05) is 18.5 Å². The normalized spacial score (nSPS) is 19.1. The van der Waals surface area contributed by atoms with Gasteiger partial charge in [0.1, 0.15) is 0 Å². The van der Waals surface area contributed by atoms with Gasteiger partial charge < -0.3 is 20.2 Å². The Labute approximate surface area is 105 Å². The van der Waals surface area contributed by atoms with Crippen molar-refractivity contribution in [3.8, 4) is 0 Å². The van der Waals surface area contributed by atoms with Gasteiger partial charge in [0.2, 0.25) is 11.6 Å². The highest BCUT2D eigenvalue weighted by Gasteiger charge is 2.23. The Bertz CT molecular complexity index is 438. The second-order valence-corrected chi connectivity index (χ2v) is 4.50. The smallest absolute Gasteiger partial charge is 0.378 e. The predicted molar refractivity (Wildman–Crippen MR) is 66.7 cm³/mol. The Hall–Kier alpha value is -1.63. The van der Waals surface area contributed by atoms with Gasteiger partial charge in [0.25, 0.3) is 0 Å². The molecule has 0 amide bonds. The van der Waals surface area contributed by atoms with Crippen LogP contribution >= 0.6 is 0 Å². The van der Waals surface area contributed by atoms with E-state index in [4.69, 9.17) is 4.74 Å². The molecule has 1 unspecified atom stereocenters. The lowest BCUT2D eigenvalue weighted by molar-refractivity contribution is -0.388. The highest BCUT2D eigenvalue weighted by molar-refractivity contribution is 5.53. The molecule has 0 radical (unpaired) electrons. The monoisotopic (exact) mass is 254 g/mol. The third-order valence-corrected chi connectivity index (χ3v) is 3.26. The minimum Gasteiger partial charge on any atom is -0.378 e. The average Bonchev–Trinajstić information content (AvgIpc) is 2.92. The van der Waals surface area contributed by atoms with Crippen molar-refractivity contribution in [2.45, 2.75) is 32.3 Å². The number of nitrogens with one attached hydrogen (secondary N) is 1. The Morgan fingerprint density at radius 1 is 1.67 bits per heavy atom. The maximum absolute atomic E-state index is 10.9. The molecule has 1 saturated heterocycles. The van der Waals surface area contributed by atoms with E-state index in [2.05, 4.69) is 10.3 Å². The van der Waals surface area contributed by atoms with E-state index in [1.807, 2.05) is 0 Å². The van der Waals surface area contributed by atoms with Crippen molar-refractivity contribution in [2.24, 2.45) is 7.05 Å². The van der Waals surface area contributed by atoms with Gasteiger partial charge in [-0.15, -0.1) is 0 Å². The first-order chi connectivity index (χ1) is 8.59. The molecule has 2 heterocycles. The molecule has 0 spiro atoms. The molecule has 1 aromatic rings. The van der Waals surface area contributed by atoms with E-state index in [1.165, 1.54) is 0 Å². The van der Waals surface area contributed by atoms with E-state index < -0.39 is 4.92 Å². The summed E-state index contributed by atoms with van der Waals surface area (Å²) in [5.41, 5.74) is 0. The summed E-state index contributed by atoms with van der Waals surface area (Å²) >= 11 is 0. The first-order valence-corrected chi connectivity index (χ1v) is 6.12. The van der Waals surface area contributed by atoms with Crippen LogP contribution in [0.2, 0.25) is 0 Å². The summed E-state index contributed by atoms with van der Waals surface area (Å²) in [6.45, 7) is 3.23. The number of ether oxygens (including phenoxy) is 1. The first kappa shape index (κ1) is 12.8. The highest BCUT2D eigenvalue weighted by Crippen LogP contribution is 2.24. The van der Waals surface area contributed by atoms with Gasteiger partial charge in [0.15, 0.2) is 0 Å². The molecule has 7 heteroatoms. The number of hydrogen-bond acceptors (Lipinski definition) is 5.